The summed E-state index contributed by atoms with van der Waals surface area (Å²) < 4.78 is 13.1. The van der Waals surface area contributed by atoms with Crippen LogP contribution in [0.3, 0.4) is 0 Å². The van der Waals surface area contributed by atoms with Crippen molar-refractivity contribution in [3.63, 3.8) is 0 Å². The number of nitrogens with one attached hydrogen (secondary N) is 2. The number of halogens is 1. The smallest absolute Gasteiger partial charge is 0.148 e. The zero-order valence-corrected chi connectivity index (χ0v) is 12.2. The maximum absolute atomic E-state index is 13.1. The molecule has 0 aliphatic rings. The summed E-state index contributed by atoms with van der Waals surface area (Å²) in [5.41, 5.74) is 4.48. The van der Waals surface area contributed by atoms with Crippen molar-refractivity contribution in [3.05, 3.63) is 47.5 Å². The number of anilines is 2. The lowest BCUT2D eigenvalue weighted by atomic mass is 10.0. The molecular formula is C15H20FN5. The first-order valence-electron chi connectivity index (χ1n) is 6.91. The number of nitrogen functional groups attached to an aromatic ring is 1. The molecule has 0 saturated carbocycles. The minimum Gasteiger partial charge on any atom is -0.369 e. The van der Waals surface area contributed by atoms with Gasteiger partial charge in [0.05, 0.1) is 0 Å². The average Bonchev–Trinajstić information content (AvgIpc) is 2.46. The van der Waals surface area contributed by atoms with E-state index < -0.39 is 0 Å². The fourth-order valence-electron chi connectivity index (χ4n) is 2.22. The predicted molar refractivity (Wildman–Crippen MR) is 82.5 cm³/mol. The molecule has 0 saturated heterocycles. The Morgan fingerprint density at radius 3 is 2.67 bits per heavy atom. The van der Waals surface area contributed by atoms with Crippen molar-refractivity contribution in [2.24, 2.45) is 5.84 Å². The van der Waals surface area contributed by atoms with Gasteiger partial charge in [-0.3, -0.25) is 0 Å². The Morgan fingerprint density at radius 1 is 1.24 bits per heavy atom. The molecule has 0 unspecified atom stereocenters. The lowest BCUT2D eigenvalue weighted by molar-refractivity contribution is 0.625. The number of aromatic nitrogens is 2. The summed E-state index contributed by atoms with van der Waals surface area (Å²) in [6.45, 7) is 4.76. The molecule has 1 heterocycles. The van der Waals surface area contributed by atoms with Crippen LogP contribution in [-0.2, 0) is 6.42 Å². The van der Waals surface area contributed by atoms with Gasteiger partial charge in [0.15, 0.2) is 0 Å². The van der Waals surface area contributed by atoms with E-state index in [2.05, 4.69) is 34.6 Å². The highest BCUT2D eigenvalue weighted by atomic mass is 19.1. The van der Waals surface area contributed by atoms with Crippen molar-refractivity contribution in [1.29, 1.82) is 0 Å². The molecule has 0 bridgehead atoms. The molecule has 2 rings (SSSR count). The van der Waals surface area contributed by atoms with Crippen molar-refractivity contribution >= 4 is 11.6 Å². The SMILES string of the molecule is CC(C)c1c(NN)ncnc1NCCc1cccc(F)c1. The number of hydrogen-bond donors (Lipinski definition) is 3. The first-order chi connectivity index (χ1) is 10.1. The van der Waals surface area contributed by atoms with E-state index in [0.717, 1.165) is 16.9 Å². The predicted octanol–water partition coefficient (Wildman–Crippen LogP) is 2.68. The highest BCUT2D eigenvalue weighted by Gasteiger charge is 2.13. The van der Waals surface area contributed by atoms with E-state index in [-0.39, 0.29) is 11.7 Å². The minimum atomic E-state index is -0.216. The quantitative estimate of drug-likeness (QED) is 0.563. The maximum Gasteiger partial charge on any atom is 0.148 e. The molecule has 0 amide bonds. The first-order valence-corrected chi connectivity index (χ1v) is 6.91. The van der Waals surface area contributed by atoms with Gasteiger partial charge in [0.1, 0.15) is 23.8 Å². The van der Waals surface area contributed by atoms with E-state index in [1.165, 1.54) is 18.5 Å². The summed E-state index contributed by atoms with van der Waals surface area (Å²) in [5, 5.41) is 3.27. The van der Waals surface area contributed by atoms with Gasteiger partial charge in [0.25, 0.3) is 0 Å². The van der Waals surface area contributed by atoms with Gasteiger partial charge in [-0.1, -0.05) is 26.0 Å². The topological polar surface area (TPSA) is 75.9 Å². The zero-order valence-electron chi connectivity index (χ0n) is 12.2. The largest absolute Gasteiger partial charge is 0.369 e. The van der Waals surface area contributed by atoms with Crippen molar-refractivity contribution < 1.29 is 4.39 Å². The summed E-state index contributed by atoms with van der Waals surface area (Å²) in [7, 11) is 0. The Morgan fingerprint density at radius 2 is 2.00 bits per heavy atom. The van der Waals surface area contributed by atoms with Gasteiger partial charge in [0, 0.05) is 12.1 Å². The lowest BCUT2D eigenvalue weighted by Crippen LogP contribution is -2.16. The average molecular weight is 289 g/mol. The van der Waals surface area contributed by atoms with Crippen molar-refractivity contribution in [2.45, 2.75) is 26.2 Å². The Bertz CT molecular complexity index is 600. The van der Waals surface area contributed by atoms with E-state index in [0.29, 0.717) is 18.8 Å². The lowest BCUT2D eigenvalue weighted by Gasteiger charge is -2.16. The third kappa shape index (κ3) is 3.88. The van der Waals surface area contributed by atoms with E-state index in [4.69, 9.17) is 5.84 Å². The highest BCUT2D eigenvalue weighted by molar-refractivity contribution is 5.58. The third-order valence-corrected chi connectivity index (χ3v) is 3.19. The van der Waals surface area contributed by atoms with E-state index in [9.17, 15) is 4.39 Å². The van der Waals surface area contributed by atoms with Gasteiger partial charge in [-0.05, 0) is 30.0 Å². The first kappa shape index (κ1) is 15.2. The van der Waals surface area contributed by atoms with Crippen LogP contribution >= 0.6 is 0 Å². The molecule has 112 valence electrons. The molecule has 21 heavy (non-hydrogen) atoms. The monoisotopic (exact) mass is 289 g/mol. The molecule has 1 aromatic heterocycles. The molecule has 4 N–H and O–H groups in total. The number of hydrogen-bond acceptors (Lipinski definition) is 5. The molecule has 5 nitrogen and oxygen atoms in total. The van der Waals surface area contributed by atoms with Crippen molar-refractivity contribution in [2.75, 3.05) is 17.3 Å². The van der Waals surface area contributed by atoms with Gasteiger partial charge in [-0.15, -0.1) is 0 Å². The Kier molecular flexibility index (Phi) is 5.05. The molecule has 0 spiro atoms. The number of nitrogens with two attached hydrogens (primary N) is 1. The zero-order chi connectivity index (χ0) is 15.2. The van der Waals surface area contributed by atoms with Crippen LogP contribution in [0.5, 0.6) is 0 Å². The Hall–Kier alpha value is -2.21. The second-order valence-electron chi connectivity index (χ2n) is 5.09. The fraction of sp³-hybridized carbons (Fsp3) is 0.333. The summed E-state index contributed by atoms with van der Waals surface area (Å²) >= 11 is 0. The summed E-state index contributed by atoms with van der Waals surface area (Å²) in [6, 6.07) is 6.60. The summed E-state index contributed by atoms with van der Waals surface area (Å²) in [6.07, 6.45) is 2.18. The van der Waals surface area contributed by atoms with E-state index >= 15 is 0 Å². The fourth-order valence-corrected chi connectivity index (χ4v) is 2.22. The van der Waals surface area contributed by atoms with Crippen LogP contribution < -0.4 is 16.6 Å². The van der Waals surface area contributed by atoms with Crippen LogP contribution in [0.4, 0.5) is 16.0 Å². The second-order valence-corrected chi connectivity index (χ2v) is 5.09. The molecule has 2 aromatic rings. The molecule has 0 aliphatic carbocycles. The molecule has 0 aliphatic heterocycles. The molecule has 6 heteroatoms. The molecule has 1 aromatic carbocycles. The van der Waals surface area contributed by atoms with Gasteiger partial charge in [0.2, 0.25) is 0 Å². The van der Waals surface area contributed by atoms with Crippen LogP contribution in [0, 0.1) is 5.82 Å². The number of nitrogens with zero attached hydrogens (tertiary/aromatic N) is 2. The highest BCUT2D eigenvalue weighted by Crippen LogP contribution is 2.27. The maximum atomic E-state index is 13.1. The summed E-state index contributed by atoms with van der Waals surface area (Å²) in [4.78, 5) is 8.39. The van der Waals surface area contributed by atoms with Gasteiger partial charge in [-0.25, -0.2) is 20.2 Å². The Balaban J connectivity index is 2.06. The van der Waals surface area contributed by atoms with Crippen LogP contribution in [0.25, 0.3) is 0 Å². The van der Waals surface area contributed by atoms with Crippen molar-refractivity contribution in [3.8, 4) is 0 Å². The van der Waals surface area contributed by atoms with E-state index in [1.807, 2.05) is 6.07 Å². The molecular weight excluding hydrogens is 269 g/mol. The van der Waals surface area contributed by atoms with Crippen LogP contribution in [0.15, 0.2) is 30.6 Å². The van der Waals surface area contributed by atoms with Gasteiger partial charge >= 0.3 is 0 Å². The molecule has 0 fully saturated rings. The van der Waals surface area contributed by atoms with Crippen molar-refractivity contribution in [1.82, 2.24) is 9.97 Å². The van der Waals surface area contributed by atoms with Crippen LogP contribution in [0.2, 0.25) is 0 Å². The van der Waals surface area contributed by atoms with Gasteiger partial charge < -0.3 is 10.7 Å². The van der Waals surface area contributed by atoms with Gasteiger partial charge in [-0.2, -0.15) is 0 Å². The second kappa shape index (κ2) is 6.99. The van der Waals surface area contributed by atoms with Crippen LogP contribution in [0.1, 0.15) is 30.9 Å². The molecule has 0 radical (unpaired) electrons. The normalized spacial score (nSPS) is 10.7. The number of benzene rings is 1. The number of hydrazine groups is 1. The Labute approximate surface area is 123 Å². The van der Waals surface area contributed by atoms with Crippen LogP contribution in [-0.4, -0.2) is 16.5 Å². The molecule has 0 atom stereocenters. The van der Waals surface area contributed by atoms with E-state index in [1.54, 1.807) is 6.07 Å². The summed E-state index contributed by atoms with van der Waals surface area (Å²) in [5.74, 6) is 6.87. The standard InChI is InChI=1S/C15H20FN5/c1-10(2)13-14(19-9-20-15(13)21-17)18-7-6-11-4-3-5-12(16)8-11/h3-5,8-10H,6-7,17H2,1-2H3,(H2,18,19,20,21). The third-order valence-electron chi connectivity index (χ3n) is 3.19. The number of rotatable bonds is 6. The minimum absolute atomic E-state index is 0.216.